The van der Waals surface area contributed by atoms with Gasteiger partial charge in [0.05, 0.1) is 0 Å². The second-order valence-corrected chi connectivity index (χ2v) is 6.80. The molecule has 0 radical (unpaired) electrons. The van der Waals surface area contributed by atoms with E-state index in [1.165, 1.54) is 6.07 Å². The summed E-state index contributed by atoms with van der Waals surface area (Å²) in [6, 6.07) is 7.29. The standard InChI is InChI=1S/C16H14F2O3S/c17-13-6-8-16(15(18)10-13)21-22(19,20)14-7-5-11-3-1-2-4-12(11)9-14/h5-10H,1-4H2. The molecule has 0 heterocycles. The lowest BCUT2D eigenvalue weighted by Crippen LogP contribution is -2.12. The molecule has 2 aromatic rings. The zero-order chi connectivity index (χ0) is 15.7. The maximum Gasteiger partial charge on any atom is 0.339 e. The second-order valence-electron chi connectivity index (χ2n) is 5.25. The summed E-state index contributed by atoms with van der Waals surface area (Å²) in [5, 5.41) is 0. The third-order valence-electron chi connectivity index (χ3n) is 3.70. The van der Waals surface area contributed by atoms with Gasteiger partial charge in [0.2, 0.25) is 0 Å². The molecule has 0 aliphatic heterocycles. The van der Waals surface area contributed by atoms with E-state index in [1.807, 2.05) is 0 Å². The normalized spacial score (nSPS) is 14.5. The molecule has 0 bridgehead atoms. The highest BCUT2D eigenvalue weighted by Gasteiger charge is 2.21. The molecule has 0 saturated carbocycles. The van der Waals surface area contributed by atoms with E-state index in [-0.39, 0.29) is 4.90 Å². The highest BCUT2D eigenvalue weighted by molar-refractivity contribution is 7.87. The van der Waals surface area contributed by atoms with E-state index in [0.717, 1.165) is 48.9 Å². The van der Waals surface area contributed by atoms with Crippen molar-refractivity contribution in [2.45, 2.75) is 30.6 Å². The summed E-state index contributed by atoms with van der Waals surface area (Å²) in [5.74, 6) is -2.36. The van der Waals surface area contributed by atoms with Crippen LogP contribution in [0.15, 0.2) is 41.3 Å². The quantitative estimate of drug-likeness (QED) is 0.810. The molecule has 0 spiro atoms. The fourth-order valence-corrected chi connectivity index (χ4v) is 3.56. The summed E-state index contributed by atoms with van der Waals surface area (Å²) in [6.07, 6.45) is 3.87. The van der Waals surface area contributed by atoms with Crippen LogP contribution < -0.4 is 4.18 Å². The lowest BCUT2D eigenvalue weighted by molar-refractivity contribution is 0.457. The van der Waals surface area contributed by atoms with Gasteiger partial charge in [0.1, 0.15) is 10.7 Å². The van der Waals surface area contributed by atoms with Gasteiger partial charge in [-0.3, -0.25) is 0 Å². The zero-order valence-electron chi connectivity index (χ0n) is 11.7. The van der Waals surface area contributed by atoms with Gasteiger partial charge in [0, 0.05) is 6.07 Å². The van der Waals surface area contributed by atoms with Crippen LogP contribution in [-0.4, -0.2) is 8.42 Å². The van der Waals surface area contributed by atoms with Gasteiger partial charge in [0.15, 0.2) is 11.6 Å². The molecule has 0 atom stereocenters. The lowest BCUT2D eigenvalue weighted by Gasteiger charge is -2.16. The predicted octanol–water partition coefficient (Wildman–Crippen LogP) is 3.61. The van der Waals surface area contributed by atoms with Crippen molar-refractivity contribution >= 4 is 10.1 Å². The van der Waals surface area contributed by atoms with Crippen molar-refractivity contribution in [3.05, 3.63) is 59.2 Å². The number of fused-ring (bicyclic) bond motifs is 1. The minimum atomic E-state index is -4.14. The van der Waals surface area contributed by atoms with Crippen molar-refractivity contribution in [3.63, 3.8) is 0 Å². The van der Waals surface area contributed by atoms with Gasteiger partial charge in [-0.25, -0.2) is 8.78 Å². The van der Waals surface area contributed by atoms with Gasteiger partial charge in [0.25, 0.3) is 0 Å². The minimum Gasteiger partial charge on any atom is -0.376 e. The molecular formula is C16H14F2O3S. The van der Waals surface area contributed by atoms with E-state index in [0.29, 0.717) is 6.07 Å². The van der Waals surface area contributed by atoms with Crippen molar-refractivity contribution in [2.24, 2.45) is 0 Å². The SMILES string of the molecule is O=S(=O)(Oc1ccc(F)cc1F)c1ccc2c(c1)CCCC2. The van der Waals surface area contributed by atoms with Crippen LogP contribution in [0.4, 0.5) is 8.78 Å². The maximum absolute atomic E-state index is 13.5. The van der Waals surface area contributed by atoms with Gasteiger partial charge >= 0.3 is 10.1 Å². The maximum atomic E-state index is 13.5. The number of benzene rings is 2. The molecule has 116 valence electrons. The van der Waals surface area contributed by atoms with Gasteiger partial charge in [-0.1, -0.05) is 6.07 Å². The lowest BCUT2D eigenvalue weighted by atomic mass is 9.92. The van der Waals surface area contributed by atoms with Crippen molar-refractivity contribution in [1.29, 1.82) is 0 Å². The average Bonchev–Trinajstić information content (AvgIpc) is 2.49. The Kier molecular flexibility index (Phi) is 3.87. The van der Waals surface area contributed by atoms with Gasteiger partial charge < -0.3 is 4.18 Å². The molecule has 0 saturated heterocycles. The predicted molar refractivity (Wildman–Crippen MR) is 77.3 cm³/mol. The fourth-order valence-electron chi connectivity index (χ4n) is 2.57. The monoisotopic (exact) mass is 324 g/mol. The molecule has 6 heteroatoms. The van der Waals surface area contributed by atoms with Crippen LogP contribution in [0.25, 0.3) is 0 Å². The Morgan fingerprint density at radius 1 is 0.909 bits per heavy atom. The van der Waals surface area contributed by atoms with E-state index in [9.17, 15) is 17.2 Å². The van der Waals surface area contributed by atoms with E-state index in [4.69, 9.17) is 4.18 Å². The van der Waals surface area contributed by atoms with Crippen LogP contribution in [0.5, 0.6) is 5.75 Å². The Bertz CT molecular complexity index is 816. The molecule has 1 aliphatic rings. The van der Waals surface area contributed by atoms with Gasteiger partial charge in [-0.15, -0.1) is 0 Å². The highest BCUT2D eigenvalue weighted by atomic mass is 32.2. The van der Waals surface area contributed by atoms with E-state index in [2.05, 4.69) is 0 Å². The molecule has 0 aromatic heterocycles. The van der Waals surface area contributed by atoms with Crippen molar-refractivity contribution in [3.8, 4) is 5.75 Å². The summed E-state index contributed by atoms with van der Waals surface area (Å²) in [6.45, 7) is 0. The number of aryl methyl sites for hydroxylation is 2. The first-order valence-corrected chi connectivity index (χ1v) is 8.38. The van der Waals surface area contributed by atoms with Crippen LogP contribution >= 0.6 is 0 Å². The third kappa shape index (κ3) is 2.97. The topological polar surface area (TPSA) is 43.4 Å². The first-order chi connectivity index (χ1) is 10.5. The second kappa shape index (κ2) is 5.68. The third-order valence-corrected chi connectivity index (χ3v) is 4.93. The number of hydrogen-bond acceptors (Lipinski definition) is 3. The highest BCUT2D eigenvalue weighted by Crippen LogP contribution is 2.27. The summed E-state index contributed by atoms with van der Waals surface area (Å²) >= 11 is 0. The molecule has 3 rings (SSSR count). The van der Waals surface area contributed by atoms with Crippen LogP contribution in [0, 0.1) is 11.6 Å². The number of halogens is 2. The molecule has 2 aromatic carbocycles. The fraction of sp³-hybridized carbons (Fsp3) is 0.250. The molecule has 22 heavy (non-hydrogen) atoms. The average molecular weight is 324 g/mol. The first-order valence-electron chi connectivity index (χ1n) is 6.97. The molecule has 1 aliphatic carbocycles. The smallest absolute Gasteiger partial charge is 0.339 e. The van der Waals surface area contributed by atoms with Gasteiger partial charge in [-0.05, 0) is 61.1 Å². The van der Waals surface area contributed by atoms with E-state index < -0.39 is 27.5 Å². The Morgan fingerprint density at radius 2 is 1.64 bits per heavy atom. The van der Waals surface area contributed by atoms with Crippen molar-refractivity contribution < 1.29 is 21.4 Å². The summed E-state index contributed by atoms with van der Waals surface area (Å²) in [7, 11) is -4.14. The Morgan fingerprint density at radius 3 is 2.36 bits per heavy atom. The number of rotatable bonds is 3. The summed E-state index contributed by atoms with van der Waals surface area (Å²) in [5.41, 5.74) is 2.12. The Hall–Kier alpha value is -1.95. The largest absolute Gasteiger partial charge is 0.376 e. The van der Waals surface area contributed by atoms with Crippen LogP contribution in [0.2, 0.25) is 0 Å². The molecular weight excluding hydrogens is 310 g/mol. The zero-order valence-corrected chi connectivity index (χ0v) is 12.5. The van der Waals surface area contributed by atoms with Crippen molar-refractivity contribution in [2.75, 3.05) is 0 Å². The first kappa shape index (κ1) is 15.0. The molecule has 0 N–H and O–H groups in total. The van der Waals surface area contributed by atoms with Crippen LogP contribution in [0.1, 0.15) is 24.0 Å². The summed E-state index contributed by atoms with van der Waals surface area (Å²) < 4.78 is 55.7. The number of hydrogen-bond donors (Lipinski definition) is 0. The molecule has 3 nitrogen and oxygen atoms in total. The molecule has 0 amide bonds. The van der Waals surface area contributed by atoms with Crippen molar-refractivity contribution in [1.82, 2.24) is 0 Å². The van der Waals surface area contributed by atoms with Gasteiger partial charge in [-0.2, -0.15) is 8.42 Å². The minimum absolute atomic E-state index is 0.0168. The van der Waals surface area contributed by atoms with Crippen LogP contribution in [-0.2, 0) is 23.0 Å². The Labute approximate surface area is 127 Å². The summed E-state index contributed by atoms with van der Waals surface area (Å²) in [4.78, 5) is -0.0168. The molecule has 0 unspecified atom stereocenters. The van der Waals surface area contributed by atoms with Crippen LogP contribution in [0.3, 0.4) is 0 Å². The van der Waals surface area contributed by atoms with E-state index in [1.54, 1.807) is 12.1 Å². The molecule has 0 fully saturated rings. The van der Waals surface area contributed by atoms with E-state index >= 15 is 0 Å². The Balaban J connectivity index is 1.92.